The SMILES string of the molecule is CCOc1cc(C)c(-c2nc3ccccc3c(=O)n2N=Cc2cc(Br)c(OCc3ccccc3)c(Br)c2)cc1C(C)C. The number of ether oxygens (including phenoxy) is 2. The molecule has 0 aliphatic rings. The van der Waals surface area contributed by atoms with Gasteiger partial charge in [0.15, 0.2) is 5.82 Å². The third-order valence-corrected chi connectivity index (χ3v) is 8.02. The van der Waals surface area contributed by atoms with Crippen molar-refractivity contribution in [2.24, 2.45) is 5.10 Å². The third-order valence-electron chi connectivity index (χ3n) is 6.84. The topological polar surface area (TPSA) is 65.7 Å². The Morgan fingerprint density at radius 3 is 2.33 bits per heavy atom. The largest absolute Gasteiger partial charge is 0.494 e. The number of hydrogen-bond acceptors (Lipinski definition) is 5. The number of benzene rings is 4. The lowest BCUT2D eigenvalue weighted by Crippen LogP contribution is -2.21. The van der Waals surface area contributed by atoms with Crippen LogP contribution in [0, 0.1) is 6.92 Å². The lowest BCUT2D eigenvalue weighted by Gasteiger charge is -2.18. The normalized spacial score (nSPS) is 11.5. The Bertz CT molecular complexity index is 1810. The van der Waals surface area contributed by atoms with Gasteiger partial charge in [-0.2, -0.15) is 9.78 Å². The van der Waals surface area contributed by atoms with Gasteiger partial charge in [0, 0.05) is 5.56 Å². The summed E-state index contributed by atoms with van der Waals surface area (Å²) in [5.41, 5.74) is 5.05. The van der Waals surface area contributed by atoms with E-state index in [1.165, 1.54) is 4.68 Å². The molecule has 4 aromatic carbocycles. The van der Waals surface area contributed by atoms with Crippen LogP contribution in [0.2, 0.25) is 0 Å². The summed E-state index contributed by atoms with van der Waals surface area (Å²) in [6.07, 6.45) is 1.66. The van der Waals surface area contributed by atoms with Crippen LogP contribution in [-0.2, 0) is 6.61 Å². The molecular formula is C34H31Br2N3O3. The molecule has 0 aliphatic carbocycles. The van der Waals surface area contributed by atoms with E-state index in [1.807, 2.05) is 80.6 Å². The van der Waals surface area contributed by atoms with Gasteiger partial charge >= 0.3 is 0 Å². The van der Waals surface area contributed by atoms with Crippen LogP contribution in [0.15, 0.2) is 97.7 Å². The maximum absolute atomic E-state index is 13.8. The standard InChI is InChI=1S/C34H31Br2N3O3/c1-5-41-31-15-22(4)27(18-26(31)21(2)3)33-38-30-14-10-9-13-25(30)34(40)39(33)37-19-24-16-28(35)32(29(36)17-24)42-20-23-11-7-6-8-12-23/h6-19,21H,5,20H2,1-4H3. The molecule has 0 saturated carbocycles. The predicted molar refractivity (Wildman–Crippen MR) is 177 cm³/mol. The fourth-order valence-electron chi connectivity index (χ4n) is 4.72. The minimum atomic E-state index is -0.243. The summed E-state index contributed by atoms with van der Waals surface area (Å²) in [5, 5.41) is 5.18. The molecule has 42 heavy (non-hydrogen) atoms. The van der Waals surface area contributed by atoms with Crippen molar-refractivity contribution in [1.82, 2.24) is 9.66 Å². The van der Waals surface area contributed by atoms with Gasteiger partial charge in [-0.3, -0.25) is 4.79 Å². The summed E-state index contributed by atoms with van der Waals surface area (Å²) in [4.78, 5) is 18.7. The minimum absolute atomic E-state index is 0.215. The number of fused-ring (bicyclic) bond motifs is 1. The molecule has 0 spiro atoms. The average Bonchev–Trinajstić information content (AvgIpc) is 2.97. The second-order valence-corrected chi connectivity index (χ2v) is 11.9. The van der Waals surface area contributed by atoms with Crippen LogP contribution in [0.25, 0.3) is 22.3 Å². The lowest BCUT2D eigenvalue weighted by molar-refractivity contribution is 0.302. The van der Waals surface area contributed by atoms with Crippen molar-refractivity contribution in [3.8, 4) is 22.9 Å². The summed E-state index contributed by atoms with van der Waals surface area (Å²) >= 11 is 7.27. The highest BCUT2D eigenvalue weighted by Gasteiger charge is 2.19. The Morgan fingerprint density at radius 2 is 1.64 bits per heavy atom. The molecule has 6 nitrogen and oxygen atoms in total. The Balaban J connectivity index is 1.58. The fraction of sp³-hybridized carbons (Fsp3) is 0.206. The molecular weight excluding hydrogens is 658 g/mol. The molecule has 0 atom stereocenters. The van der Waals surface area contributed by atoms with E-state index in [4.69, 9.17) is 14.5 Å². The Labute approximate surface area is 262 Å². The van der Waals surface area contributed by atoms with Crippen LogP contribution in [0.1, 0.15) is 48.9 Å². The molecule has 0 bridgehead atoms. The number of hydrogen-bond donors (Lipinski definition) is 0. The summed E-state index contributed by atoms with van der Waals surface area (Å²) < 4.78 is 14.9. The highest BCUT2D eigenvalue weighted by molar-refractivity contribution is 9.11. The van der Waals surface area contributed by atoms with Gasteiger partial charge in [-0.25, -0.2) is 4.98 Å². The molecule has 1 aromatic heterocycles. The van der Waals surface area contributed by atoms with Crippen molar-refractivity contribution < 1.29 is 9.47 Å². The molecule has 5 aromatic rings. The second-order valence-electron chi connectivity index (χ2n) is 10.2. The Hall–Kier alpha value is -3.75. The molecule has 0 saturated heterocycles. The summed E-state index contributed by atoms with van der Waals surface area (Å²) in [5.74, 6) is 2.22. The fourth-order valence-corrected chi connectivity index (χ4v) is 6.17. The van der Waals surface area contributed by atoms with E-state index in [-0.39, 0.29) is 11.5 Å². The first-order valence-electron chi connectivity index (χ1n) is 13.8. The van der Waals surface area contributed by atoms with Crippen molar-refractivity contribution in [2.45, 2.75) is 40.2 Å². The zero-order chi connectivity index (χ0) is 29.8. The van der Waals surface area contributed by atoms with Crippen molar-refractivity contribution in [3.63, 3.8) is 0 Å². The smallest absolute Gasteiger partial charge is 0.282 e. The van der Waals surface area contributed by atoms with Crippen molar-refractivity contribution in [1.29, 1.82) is 0 Å². The third kappa shape index (κ3) is 6.35. The zero-order valence-electron chi connectivity index (χ0n) is 23.9. The van der Waals surface area contributed by atoms with Crippen LogP contribution >= 0.6 is 31.9 Å². The molecule has 0 aliphatic heterocycles. The molecule has 0 N–H and O–H groups in total. The Morgan fingerprint density at radius 1 is 0.952 bits per heavy atom. The summed E-state index contributed by atoms with van der Waals surface area (Å²) in [6.45, 7) is 9.23. The van der Waals surface area contributed by atoms with E-state index >= 15 is 0 Å². The minimum Gasteiger partial charge on any atom is -0.494 e. The predicted octanol–water partition coefficient (Wildman–Crippen LogP) is 8.88. The maximum atomic E-state index is 13.8. The molecule has 0 amide bonds. The van der Waals surface area contributed by atoms with Crippen molar-refractivity contribution in [2.75, 3.05) is 6.61 Å². The first-order valence-corrected chi connectivity index (χ1v) is 15.3. The van der Waals surface area contributed by atoms with E-state index in [0.717, 1.165) is 42.5 Å². The molecule has 1 heterocycles. The van der Waals surface area contributed by atoms with Crippen molar-refractivity contribution in [3.05, 3.63) is 120 Å². The van der Waals surface area contributed by atoms with Gasteiger partial charge in [0.2, 0.25) is 0 Å². The molecule has 0 unspecified atom stereocenters. The van der Waals surface area contributed by atoms with E-state index in [0.29, 0.717) is 35.7 Å². The van der Waals surface area contributed by atoms with Crippen LogP contribution < -0.4 is 15.0 Å². The van der Waals surface area contributed by atoms with E-state index in [9.17, 15) is 4.79 Å². The highest BCUT2D eigenvalue weighted by Crippen LogP contribution is 2.36. The summed E-state index contributed by atoms with van der Waals surface area (Å²) in [6, 6.07) is 25.2. The molecule has 0 fully saturated rings. The monoisotopic (exact) mass is 687 g/mol. The van der Waals surface area contributed by atoms with E-state index < -0.39 is 0 Å². The van der Waals surface area contributed by atoms with Gasteiger partial charge in [-0.05, 0) is 110 Å². The van der Waals surface area contributed by atoms with Crippen LogP contribution in [0.4, 0.5) is 0 Å². The van der Waals surface area contributed by atoms with E-state index in [1.54, 1.807) is 12.3 Å². The first kappa shape index (κ1) is 29.7. The van der Waals surface area contributed by atoms with Gasteiger partial charge in [-0.1, -0.05) is 56.3 Å². The number of para-hydroxylation sites is 1. The molecule has 214 valence electrons. The van der Waals surface area contributed by atoms with Gasteiger partial charge < -0.3 is 9.47 Å². The van der Waals surface area contributed by atoms with Crippen LogP contribution in [-0.4, -0.2) is 22.5 Å². The van der Waals surface area contributed by atoms with Gasteiger partial charge in [0.1, 0.15) is 18.1 Å². The molecule has 5 rings (SSSR count). The van der Waals surface area contributed by atoms with E-state index in [2.05, 4.69) is 56.9 Å². The number of aromatic nitrogens is 2. The highest BCUT2D eigenvalue weighted by atomic mass is 79.9. The number of halogens is 2. The lowest BCUT2D eigenvalue weighted by atomic mass is 9.96. The van der Waals surface area contributed by atoms with Crippen molar-refractivity contribution >= 4 is 49.0 Å². The van der Waals surface area contributed by atoms with Gasteiger partial charge in [0.25, 0.3) is 5.56 Å². The summed E-state index contributed by atoms with van der Waals surface area (Å²) in [7, 11) is 0. The maximum Gasteiger partial charge on any atom is 0.282 e. The van der Waals surface area contributed by atoms with Crippen LogP contribution in [0.5, 0.6) is 11.5 Å². The number of aryl methyl sites for hydroxylation is 1. The zero-order valence-corrected chi connectivity index (χ0v) is 27.1. The van der Waals surface area contributed by atoms with Crippen LogP contribution in [0.3, 0.4) is 0 Å². The number of rotatable bonds is 9. The Kier molecular flexibility index (Phi) is 9.24. The molecule has 8 heteroatoms. The molecule has 0 radical (unpaired) electrons. The van der Waals surface area contributed by atoms with Gasteiger partial charge in [0.05, 0.1) is 32.7 Å². The average molecular weight is 689 g/mol. The van der Waals surface area contributed by atoms with Gasteiger partial charge in [-0.15, -0.1) is 0 Å². The quantitative estimate of drug-likeness (QED) is 0.145. The number of nitrogens with zero attached hydrogens (tertiary/aromatic N) is 3. The second kappa shape index (κ2) is 13.0. The first-order chi connectivity index (χ1) is 20.3.